The number of hydrogen-bond donors (Lipinski definition) is 3. The molecule has 2 amide bonds. The number of rotatable bonds is 4. The van der Waals surface area contributed by atoms with Crippen LogP contribution in [-0.2, 0) is 4.79 Å². The Morgan fingerprint density at radius 3 is 2.65 bits per heavy atom. The summed E-state index contributed by atoms with van der Waals surface area (Å²) in [5.74, 6) is 2.27. The Bertz CT molecular complexity index is 291. The monoisotopic (exact) mass is 278 g/mol. The highest BCUT2D eigenvalue weighted by Gasteiger charge is 2.29. The molecule has 1 fully saturated rings. The summed E-state index contributed by atoms with van der Waals surface area (Å²) in [7, 11) is 0. The van der Waals surface area contributed by atoms with Gasteiger partial charge in [-0.05, 0) is 13.8 Å². The maximum Gasteiger partial charge on any atom is 0.328 e. The lowest BCUT2D eigenvalue weighted by molar-refractivity contribution is -0.142. The number of amides is 2. The molecular formula is C10H18N2O3S2. The van der Waals surface area contributed by atoms with E-state index in [9.17, 15) is 9.59 Å². The van der Waals surface area contributed by atoms with Crippen molar-refractivity contribution in [2.45, 2.75) is 24.6 Å². The highest BCUT2D eigenvalue weighted by atomic mass is 32.2. The summed E-state index contributed by atoms with van der Waals surface area (Å²) in [5.41, 5.74) is -1.24. The Morgan fingerprint density at radius 1 is 1.41 bits per heavy atom. The summed E-state index contributed by atoms with van der Waals surface area (Å²) >= 11 is 3.74. The highest BCUT2D eigenvalue weighted by Crippen LogP contribution is 2.23. The smallest absolute Gasteiger partial charge is 0.328 e. The fourth-order valence-corrected chi connectivity index (χ4v) is 3.85. The minimum Gasteiger partial charge on any atom is -0.480 e. The van der Waals surface area contributed by atoms with Gasteiger partial charge in [0.1, 0.15) is 5.54 Å². The van der Waals surface area contributed by atoms with E-state index in [-0.39, 0.29) is 0 Å². The highest BCUT2D eigenvalue weighted by molar-refractivity contribution is 8.06. The van der Waals surface area contributed by atoms with Crippen LogP contribution in [0.25, 0.3) is 0 Å². The van der Waals surface area contributed by atoms with Gasteiger partial charge in [-0.1, -0.05) is 0 Å². The van der Waals surface area contributed by atoms with Crippen LogP contribution in [0.2, 0.25) is 0 Å². The molecule has 0 saturated carbocycles. The molecule has 1 aliphatic rings. The van der Waals surface area contributed by atoms with Crippen LogP contribution in [0, 0.1) is 0 Å². The number of carboxylic acid groups (broad SMARTS) is 1. The number of hydrogen-bond acceptors (Lipinski definition) is 4. The molecule has 98 valence electrons. The summed E-state index contributed by atoms with van der Waals surface area (Å²) in [6, 6.07) is -0.423. The van der Waals surface area contributed by atoms with Gasteiger partial charge in [0, 0.05) is 29.1 Å². The average molecular weight is 278 g/mol. The molecule has 1 aliphatic heterocycles. The molecule has 0 aromatic rings. The van der Waals surface area contributed by atoms with E-state index < -0.39 is 17.5 Å². The number of carbonyl (C=O) groups excluding carboxylic acids is 1. The first-order valence-corrected chi connectivity index (χ1v) is 7.61. The van der Waals surface area contributed by atoms with Gasteiger partial charge in [-0.2, -0.15) is 23.5 Å². The lowest BCUT2D eigenvalue weighted by Crippen LogP contribution is -2.54. The molecule has 0 bridgehead atoms. The quantitative estimate of drug-likeness (QED) is 0.715. The van der Waals surface area contributed by atoms with Crippen LogP contribution < -0.4 is 10.6 Å². The largest absolute Gasteiger partial charge is 0.480 e. The molecular weight excluding hydrogens is 260 g/mol. The van der Waals surface area contributed by atoms with Crippen molar-refractivity contribution in [3.05, 3.63) is 0 Å². The van der Waals surface area contributed by atoms with Crippen LogP contribution in [0.15, 0.2) is 0 Å². The van der Waals surface area contributed by atoms with Crippen LogP contribution in [0.4, 0.5) is 4.79 Å². The second-order valence-corrected chi connectivity index (χ2v) is 6.89. The minimum atomic E-state index is -1.24. The Morgan fingerprint density at radius 2 is 2.12 bits per heavy atom. The zero-order valence-electron chi connectivity index (χ0n) is 9.99. The van der Waals surface area contributed by atoms with Gasteiger partial charge in [-0.15, -0.1) is 0 Å². The first-order valence-electron chi connectivity index (χ1n) is 5.40. The molecule has 0 radical (unpaired) electrons. The third kappa shape index (κ3) is 5.08. The van der Waals surface area contributed by atoms with Gasteiger partial charge in [0.15, 0.2) is 0 Å². The maximum absolute atomic E-state index is 11.5. The SMILES string of the molecule is CC(C)(NC(=O)NCC1CSCCS1)C(=O)O. The van der Waals surface area contributed by atoms with E-state index in [0.717, 1.165) is 11.5 Å². The summed E-state index contributed by atoms with van der Waals surface area (Å²) in [6.45, 7) is 3.50. The van der Waals surface area contributed by atoms with E-state index in [1.807, 2.05) is 23.5 Å². The molecule has 0 aliphatic carbocycles. The normalized spacial score (nSPS) is 20.7. The molecule has 1 rings (SSSR count). The second kappa shape index (κ2) is 6.39. The molecule has 7 heteroatoms. The third-order valence-electron chi connectivity index (χ3n) is 2.34. The van der Waals surface area contributed by atoms with Crippen LogP contribution in [0.3, 0.4) is 0 Å². The predicted molar refractivity (Wildman–Crippen MR) is 71.8 cm³/mol. The van der Waals surface area contributed by atoms with E-state index in [1.54, 1.807) is 0 Å². The standard InChI is InChI=1S/C10H18N2O3S2/c1-10(2,8(13)14)12-9(15)11-5-7-6-16-3-4-17-7/h7H,3-6H2,1-2H3,(H,13,14)(H2,11,12,15). The first kappa shape index (κ1) is 14.5. The summed E-state index contributed by atoms with van der Waals surface area (Å²) in [5, 5.41) is 14.4. The van der Waals surface area contributed by atoms with Crippen molar-refractivity contribution < 1.29 is 14.7 Å². The fraction of sp³-hybridized carbons (Fsp3) is 0.800. The van der Waals surface area contributed by atoms with E-state index in [4.69, 9.17) is 5.11 Å². The molecule has 5 nitrogen and oxygen atoms in total. The Hall–Kier alpha value is -0.560. The zero-order chi connectivity index (χ0) is 12.9. The van der Waals surface area contributed by atoms with Gasteiger partial charge < -0.3 is 15.7 Å². The molecule has 1 atom stereocenters. The molecule has 1 heterocycles. The van der Waals surface area contributed by atoms with Gasteiger partial charge in [0.05, 0.1) is 0 Å². The van der Waals surface area contributed by atoms with Crippen molar-refractivity contribution in [1.82, 2.24) is 10.6 Å². The molecule has 3 N–H and O–H groups in total. The summed E-state index contributed by atoms with van der Waals surface area (Å²) < 4.78 is 0. The number of aliphatic carboxylic acids is 1. The number of carbonyl (C=O) groups is 2. The van der Waals surface area contributed by atoms with Gasteiger partial charge in [0.25, 0.3) is 0 Å². The van der Waals surface area contributed by atoms with Crippen LogP contribution in [-0.4, -0.2) is 51.7 Å². The van der Waals surface area contributed by atoms with Crippen molar-refractivity contribution in [1.29, 1.82) is 0 Å². The van der Waals surface area contributed by atoms with Gasteiger partial charge in [-0.25, -0.2) is 9.59 Å². The van der Waals surface area contributed by atoms with E-state index >= 15 is 0 Å². The van der Waals surface area contributed by atoms with Crippen LogP contribution in [0.1, 0.15) is 13.8 Å². The van der Waals surface area contributed by atoms with Gasteiger partial charge >= 0.3 is 12.0 Å². The first-order chi connectivity index (χ1) is 7.92. The Balaban J connectivity index is 2.27. The average Bonchev–Trinajstić information content (AvgIpc) is 2.27. The molecule has 0 aromatic carbocycles. The lowest BCUT2D eigenvalue weighted by atomic mass is 10.1. The number of nitrogens with one attached hydrogen (secondary N) is 2. The Kier molecular flexibility index (Phi) is 5.45. The molecule has 1 unspecified atom stereocenters. The van der Waals surface area contributed by atoms with Crippen molar-refractivity contribution in [3.8, 4) is 0 Å². The minimum absolute atomic E-state index is 0.423. The van der Waals surface area contributed by atoms with E-state index in [2.05, 4.69) is 10.6 Å². The van der Waals surface area contributed by atoms with Gasteiger partial charge in [0.2, 0.25) is 0 Å². The van der Waals surface area contributed by atoms with Crippen molar-refractivity contribution in [2.24, 2.45) is 0 Å². The second-order valence-electron chi connectivity index (χ2n) is 4.33. The van der Waals surface area contributed by atoms with Gasteiger partial charge in [-0.3, -0.25) is 0 Å². The third-order valence-corrected chi connectivity index (χ3v) is 5.18. The topological polar surface area (TPSA) is 78.4 Å². The molecule has 0 spiro atoms. The Labute approximate surface area is 109 Å². The van der Waals surface area contributed by atoms with E-state index in [1.165, 1.54) is 19.6 Å². The summed E-state index contributed by atoms with van der Waals surface area (Å²) in [4.78, 5) is 22.3. The van der Waals surface area contributed by atoms with Crippen molar-refractivity contribution >= 4 is 35.5 Å². The molecule has 17 heavy (non-hydrogen) atoms. The number of urea groups is 1. The maximum atomic E-state index is 11.5. The zero-order valence-corrected chi connectivity index (χ0v) is 11.6. The lowest BCUT2D eigenvalue weighted by Gasteiger charge is -2.24. The molecule has 1 saturated heterocycles. The number of thioether (sulfide) groups is 2. The van der Waals surface area contributed by atoms with Crippen molar-refractivity contribution in [3.63, 3.8) is 0 Å². The van der Waals surface area contributed by atoms with Crippen molar-refractivity contribution in [2.75, 3.05) is 23.8 Å². The van der Waals surface area contributed by atoms with Crippen LogP contribution >= 0.6 is 23.5 Å². The predicted octanol–water partition coefficient (Wildman–Crippen LogP) is 0.997. The summed E-state index contributed by atoms with van der Waals surface area (Å²) in [6.07, 6.45) is 0. The number of carboxylic acids is 1. The fourth-order valence-electron chi connectivity index (χ4n) is 1.24. The molecule has 0 aromatic heterocycles. The van der Waals surface area contributed by atoms with E-state index in [0.29, 0.717) is 11.8 Å². The van der Waals surface area contributed by atoms with Crippen LogP contribution in [0.5, 0.6) is 0 Å².